The van der Waals surface area contributed by atoms with Crippen LogP contribution in [0.5, 0.6) is 0 Å². The molecule has 0 aromatic heterocycles. The summed E-state index contributed by atoms with van der Waals surface area (Å²) in [6.07, 6.45) is 2.75. The number of aldehydes is 1. The quantitative estimate of drug-likeness (QED) is 0.483. The predicted octanol–water partition coefficient (Wildman–Crippen LogP) is 2.62. The Morgan fingerprint density at radius 2 is 2.35 bits per heavy atom. The summed E-state index contributed by atoms with van der Waals surface area (Å²) in [5.74, 6) is 0.611. The van der Waals surface area contributed by atoms with Gasteiger partial charge in [-0.1, -0.05) is 13.3 Å². The van der Waals surface area contributed by atoms with E-state index in [2.05, 4.69) is 12.2 Å². The third kappa shape index (κ3) is 2.43. The molecule has 1 aromatic carbocycles. The molecule has 5 heteroatoms. The molecule has 0 aliphatic heterocycles. The van der Waals surface area contributed by atoms with E-state index in [1.54, 1.807) is 12.1 Å². The maximum Gasteiger partial charge on any atom is 0.293 e. The van der Waals surface area contributed by atoms with Crippen molar-refractivity contribution in [3.8, 4) is 0 Å². The second kappa shape index (κ2) is 4.53. The van der Waals surface area contributed by atoms with E-state index in [4.69, 9.17) is 0 Å². The maximum atomic E-state index is 10.9. The van der Waals surface area contributed by atoms with Gasteiger partial charge < -0.3 is 5.32 Å². The van der Waals surface area contributed by atoms with Crippen molar-refractivity contribution in [3.63, 3.8) is 0 Å². The van der Waals surface area contributed by atoms with E-state index in [9.17, 15) is 14.9 Å². The van der Waals surface area contributed by atoms with Crippen LogP contribution in [-0.4, -0.2) is 17.3 Å². The Morgan fingerprint density at radius 1 is 1.59 bits per heavy atom. The molecule has 1 saturated carbocycles. The van der Waals surface area contributed by atoms with Gasteiger partial charge in [0.05, 0.1) is 4.92 Å². The Morgan fingerprint density at radius 3 is 2.88 bits per heavy atom. The largest absolute Gasteiger partial charge is 0.376 e. The van der Waals surface area contributed by atoms with Gasteiger partial charge in [-0.05, 0) is 24.5 Å². The molecule has 1 aliphatic carbocycles. The van der Waals surface area contributed by atoms with Crippen LogP contribution in [0.4, 0.5) is 11.4 Å². The summed E-state index contributed by atoms with van der Waals surface area (Å²) >= 11 is 0. The number of carbonyl (C=O) groups is 1. The lowest BCUT2D eigenvalue weighted by molar-refractivity contribution is -0.384. The number of hydrogen-bond acceptors (Lipinski definition) is 4. The third-order valence-corrected chi connectivity index (χ3v) is 3.14. The van der Waals surface area contributed by atoms with Gasteiger partial charge in [0.2, 0.25) is 0 Å². The number of nitrogens with zero attached hydrogens (tertiary/aromatic N) is 1. The van der Waals surface area contributed by atoms with Crippen LogP contribution in [0.1, 0.15) is 30.1 Å². The zero-order chi connectivity index (χ0) is 12.4. The molecule has 1 aliphatic rings. The average molecular weight is 234 g/mol. The van der Waals surface area contributed by atoms with E-state index in [0.29, 0.717) is 29.5 Å². The molecule has 2 rings (SSSR count). The van der Waals surface area contributed by atoms with E-state index >= 15 is 0 Å². The second-order valence-electron chi connectivity index (χ2n) is 4.31. The third-order valence-electron chi connectivity index (χ3n) is 3.14. The number of nitro benzene ring substituents is 1. The fraction of sp³-hybridized carbons (Fsp3) is 0.417. The number of nitrogens with one attached hydrogen (secondary N) is 1. The van der Waals surface area contributed by atoms with Crippen molar-refractivity contribution in [2.75, 3.05) is 5.32 Å². The molecule has 2 unspecified atom stereocenters. The summed E-state index contributed by atoms with van der Waals surface area (Å²) in [6.45, 7) is 2.11. The van der Waals surface area contributed by atoms with E-state index in [0.717, 1.165) is 12.8 Å². The molecular formula is C12H14N2O3. The van der Waals surface area contributed by atoms with Gasteiger partial charge in [-0.25, -0.2) is 0 Å². The standard InChI is InChI=1S/C12H14N2O3/c1-2-9-6-11(9)13-10-4-3-8(7-15)5-12(10)14(16)17/h3-5,7,9,11,13H,2,6H2,1H3. The summed E-state index contributed by atoms with van der Waals surface area (Å²) in [5, 5.41) is 14.1. The Balaban J connectivity index is 2.21. The highest BCUT2D eigenvalue weighted by Gasteiger charge is 2.36. The molecule has 1 aromatic rings. The van der Waals surface area contributed by atoms with Crippen LogP contribution in [0, 0.1) is 16.0 Å². The number of carbonyl (C=O) groups excluding carboxylic acids is 1. The first-order valence-electron chi connectivity index (χ1n) is 5.66. The molecule has 2 atom stereocenters. The van der Waals surface area contributed by atoms with Gasteiger partial charge >= 0.3 is 0 Å². The fourth-order valence-electron chi connectivity index (χ4n) is 1.97. The van der Waals surface area contributed by atoms with Crippen molar-refractivity contribution < 1.29 is 9.72 Å². The van der Waals surface area contributed by atoms with Crippen molar-refractivity contribution in [3.05, 3.63) is 33.9 Å². The number of nitro groups is 1. The molecule has 0 bridgehead atoms. The van der Waals surface area contributed by atoms with Crippen LogP contribution < -0.4 is 5.32 Å². The second-order valence-corrected chi connectivity index (χ2v) is 4.31. The van der Waals surface area contributed by atoms with Gasteiger partial charge in [0.1, 0.15) is 12.0 Å². The lowest BCUT2D eigenvalue weighted by Crippen LogP contribution is -2.07. The van der Waals surface area contributed by atoms with Crippen molar-refractivity contribution in [1.29, 1.82) is 0 Å². The summed E-state index contributed by atoms with van der Waals surface area (Å²) in [4.78, 5) is 21.0. The van der Waals surface area contributed by atoms with Gasteiger partial charge in [0, 0.05) is 17.7 Å². The SMILES string of the molecule is CCC1CC1Nc1ccc(C=O)cc1[N+](=O)[O-]. The molecule has 0 amide bonds. The minimum absolute atomic E-state index is 0.0312. The van der Waals surface area contributed by atoms with E-state index in [-0.39, 0.29) is 5.69 Å². The highest BCUT2D eigenvalue weighted by Crippen LogP contribution is 2.38. The Bertz CT molecular complexity index is 459. The van der Waals surface area contributed by atoms with Gasteiger partial charge in [-0.15, -0.1) is 0 Å². The fourth-order valence-corrected chi connectivity index (χ4v) is 1.97. The maximum absolute atomic E-state index is 10.9. The van der Waals surface area contributed by atoms with Gasteiger partial charge in [0.15, 0.2) is 0 Å². The zero-order valence-corrected chi connectivity index (χ0v) is 9.55. The van der Waals surface area contributed by atoms with Crippen LogP contribution in [-0.2, 0) is 0 Å². The predicted molar refractivity (Wildman–Crippen MR) is 64.3 cm³/mol. The van der Waals surface area contributed by atoms with Gasteiger partial charge in [-0.3, -0.25) is 14.9 Å². The van der Waals surface area contributed by atoms with Crippen LogP contribution in [0.2, 0.25) is 0 Å². The molecule has 0 radical (unpaired) electrons. The number of anilines is 1. The first-order valence-corrected chi connectivity index (χ1v) is 5.66. The Hall–Kier alpha value is -1.91. The minimum atomic E-state index is -0.460. The number of benzene rings is 1. The van der Waals surface area contributed by atoms with Gasteiger partial charge in [-0.2, -0.15) is 0 Å². The minimum Gasteiger partial charge on any atom is -0.376 e. The molecule has 17 heavy (non-hydrogen) atoms. The monoisotopic (exact) mass is 234 g/mol. The molecular weight excluding hydrogens is 220 g/mol. The topological polar surface area (TPSA) is 72.2 Å². The summed E-state index contributed by atoms with van der Waals surface area (Å²) in [7, 11) is 0. The van der Waals surface area contributed by atoms with E-state index in [1.165, 1.54) is 6.07 Å². The van der Waals surface area contributed by atoms with E-state index in [1.807, 2.05) is 0 Å². The smallest absolute Gasteiger partial charge is 0.293 e. The van der Waals surface area contributed by atoms with Crippen LogP contribution in [0.3, 0.4) is 0 Å². The summed E-state index contributed by atoms with van der Waals surface area (Å²) in [5.41, 5.74) is 0.794. The molecule has 0 saturated heterocycles. The lowest BCUT2D eigenvalue weighted by atomic mass is 10.2. The van der Waals surface area contributed by atoms with Crippen molar-refractivity contribution in [2.24, 2.45) is 5.92 Å². The van der Waals surface area contributed by atoms with Crippen molar-refractivity contribution in [1.82, 2.24) is 0 Å². The van der Waals surface area contributed by atoms with Crippen LogP contribution in [0.15, 0.2) is 18.2 Å². The highest BCUT2D eigenvalue weighted by molar-refractivity contribution is 5.79. The van der Waals surface area contributed by atoms with Gasteiger partial charge in [0.25, 0.3) is 5.69 Å². The zero-order valence-electron chi connectivity index (χ0n) is 9.55. The highest BCUT2D eigenvalue weighted by atomic mass is 16.6. The van der Waals surface area contributed by atoms with Crippen LogP contribution in [0.25, 0.3) is 0 Å². The van der Waals surface area contributed by atoms with E-state index < -0.39 is 4.92 Å². The molecule has 1 fully saturated rings. The normalized spacial score (nSPS) is 21.9. The Kier molecular flexibility index (Phi) is 3.08. The molecule has 5 nitrogen and oxygen atoms in total. The molecule has 0 heterocycles. The molecule has 0 spiro atoms. The number of hydrogen-bond donors (Lipinski definition) is 1. The molecule has 1 N–H and O–H groups in total. The first-order chi connectivity index (χ1) is 8.15. The lowest BCUT2D eigenvalue weighted by Gasteiger charge is -2.06. The molecule has 90 valence electrons. The Labute approximate surface area is 99.0 Å². The summed E-state index contributed by atoms with van der Waals surface area (Å²) in [6, 6.07) is 4.83. The summed E-state index contributed by atoms with van der Waals surface area (Å²) < 4.78 is 0. The number of rotatable bonds is 5. The first kappa shape index (κ1) is 11.6. The average Bonchev–Trinajstić information content (AvgIpc) is 3.07. The van der Waals surface area contributed by atoms with Crippen molar-refractivity contribution in [2.45, 2.75) is 25.8 Å². The van der Waals surface area contributed by atoms with Crippen molar-refractivity contribution >= 4 is 17.7 Å². The van der Waals surface area contributed by atoms with Crippen LogP contribution >= 0.6 is 0 Å².